The third-order valence-electron chi connectivity index (χ3n) is 3.16. The van der Waals surface area contributed by atoms with Gasteiger partial charge < -0.3 is 14.8 Å². The zero-order valence-electron chi connectivity index (χ0n) is 10.7. The summed E-state index contributed by atoms with van der Waals surface area (Å²) in [5.41, 5.74) is 0. The first-order valence-electron chi connectivity index (χ1n) is 6.79. The van der Waals surface area contributed by atoms with Crippen molar-refractivity contribution in [3.8, 4) is 0 Å². The highest BCUT2D eigenvalue weighted by Crippen LogP contribution is 2.22. The number of nitrogens with one attached hydrogen (secondary N) is 1. The molecule has 3 nitrogen and oxygen atoms in total. The zero-order chi connectivity index (χ0) is 11.5. The van der Waals surface area contributed by atoms with Crippen molar-refractivity contribution < 1.29 is 9.47 Å². The third-order valence-corrected chi connectivity index (χ3v) is 3.16. The fourth-order valence-corrected chi connectivity index (χ4v) is 2.21. The van der Waals surface area contributed by atoms with Crippen LogP contribution in [0.5, 0.6) is 0 Å². The maximum absolute atomic E-state index is 5.44. The van der Waals surface area contributed by atoms with E-state index in [1.807, 2.05) is 6.92 Å². The number of hydrogen-bond donors (Lipinski definition) is 1. The summed E-state index contributed by atoms with van der Waals surface area (Å²) in [5.74, 6) is 0.914. The van der Waals surface area contributed by atoms with E-state index in [4.69, 9.17) is 9.47 Å². The highest BCUT2D eigenvalue weighted by atomic mass is 16.5. The molecule has 0 aromatic carbocycles. The first kappa shape index (κ1) is 13.9. The fraction of sp³-hybridized carbons (Fsp3) is 1.00. The van der Waals surface area contributed by atoms with Crippen molar-refractivity contribution in [2.24, 2.45) is 5.92 Å². The number of ether oxygens (including phenoxy) is 2. The van der Waals surface area contributed by atoms with Crippen LogP contribution in [0, 0.1) is 5.92 Å². The maximum atomic E-state index is 5.44. The molecule has 96 valence electrons. The largest absolute Gasteiger partial charge is 0.379 e. The molecule has 1 saturated carbocycles. The molecule has 3 heteroatoms. The first-order chi connectivity index (χ1) is 7.93. The second kappa shape index (κ2) is 10.1. The molecule has 0 unspecified atom stereocenters. The number of hydrogen-bond acceptors (Lipinski definition) is 3. The normalized spacial score (nSPS) is 17.8. The monoisotopic (exact) mass is 229 g/mol. The van der Waals surface area contributed by atoms with Crippen LogP contribution in [0.15, 0.2) is 0 Å². The summed E-state index contributed by atoms with van der Waals surface area (Å²) in [5, 5.41) is 3.48. The Hall–Kier alpha value is -0.120. The van der Waals surface area contributed by atoms with Crippen molar-refractivity contribution in [1.29, 1.82) is 0 Å². The van der Waals surface area contributed by atoms with Gasteiger partial charge in [-0.05, 0) is 32.2 Å². The van der Waals surface area contributed by atoms with Crippen molar-refractivity contribution in [2.45, 2.75) is 39.0 Å². The molecule has 1 aliphatic rings. The minimum atomic E-state index is 0.721. The van der Waals surface area contributed by atoms with Gasteiger partial charge in [-0.3, -0.25) is 0 Å². The lowest BCUT2D eigenvalue weighted by Crippen LogP contribution is -2.27. The minimum Gasteiger partial charge on any atom is -0.379 e. The van der Waals surface area contributed by atoms with E-state index in [-0.39, 0.29) is 0 Å². The molecular weight excluding hydrogens is 202 g/mol. The summed E-state index contributed by atoms with van der Waals surface area (Å²) in [6, 6.07) is 0. The first-order valence-corrected chi connectivity index (χ1v) is 6.79. The molecular formula is C13H27NO2. The van der Waals surface area contributed by atoms with Gasteiger partial charge >= 0.3 is 0 Å². The molecule has 1 fully saturated rings. The van der Waals surface area contributed by atoms with Crippen molar-refractivity contribution >= 4 is 0 Å². The maximum Gasteiger partial charge on any atom is 0.0701 e. The fourth-order valence-electron chi connectivity index (χ4n) is 2.21. The molecule has 1 N–H and O–H groups in total. The third kappa shape index (κ3) is 7.20. The van der Waals surface area contributed by atoms with Crippen LogP contribution in [0.1, 0.15) is 39.0 Å². The molecule has 0 amide bonds. The Morgan fingerprint density at radius 1 is 1.00 bits per heavy atom. The van der Waals surface area contributed by atoms with Crippen molar-refractivity contribution in [3.05, 3.63) is 0 Å². The van der Waals surface area contributed by atoms with Crippen LogP contribution in [0.4, 0.5) is 0 Å². The Bertz CT molecular complexity index is 147. The van der Waals surface area contributed by atoms with E-state index in [1.54, 1.807) is 0 Å². The van der Waals surface area contributed by atoms with Gasteiger partial charge in [0.15, 0.2) is 0 Å². The van der Waals surface area contributed by atoms with Crippen LogP contribution in [0.25, 0.3) is 0 Å². The average molecular weight is 229 g/mol. The van der Waals surface area contributed by atoms with Crippen LogP contribution >= 0.6 is 0 Å². The standard InChI is InChI=1S/C13H27NO2/c1-2-15-10-11-16-9-8-14-12-13-6-4-3-5-7-13/h13-14H,2-12H2,1H3. The Morgan fingerprint density at radius 3 is 2.50 bits per heavy atom. The molecule has 0 bridgehead atoms. The van der Waals surface area contributed by atoms with Crippen LogP contribution in [-0.4, -0.2) is 39.5 Å². The highest BCUT2D eigenvalue weighted by Gasteiger charge is 2.11. The second-order valence-electron chi connectivity index (χ2n) is 4.52. The van der Waals surface area contributed by atoms with Gasteiger partial charge in [-0.15, -0.1) is 0 Å². The quantitative estimate of drug-likeness (QED) is 0.615. The van der Waals surface area contributed by atoms with Gasteiger partial charge in [-0.2, -0.15) is 0 Å². The topological polar surface area (TPSA) is 30.5 Å². The Morgan fingerprint density at radius 2 is 1.75 bits per heavy atom. The van der Waals surface area contributed by atoms with E-state index in [2.05, 4.69) is 5.32 Å². The van der Waals surface area contributed by atoms with Gasteiger partial charge in [0.1, 0.15) is 0 Å². The molecule has 0 atom stereocenters. The summed E-state index contributed by atoms with van der Waals surface area (Å²) < 4.78 is 10.6. The molecule has 0 aromatic rings. The minimum absolute atomic E-state index is 0.721. The van der Waals surface area contributed by atoms with Crippen LogP contribution in [0.2, 0.25) is 0 Å². The van der Waals surface area contributed by atoms with Crippen molar-refractivity contribution in [1.82, 2.24) is 5.32 Å². The van der Waals surface area contributed by atoms with E-state index < -0.39 is 0 Å². The van der Waals surface area contributed by atoms with Crippen LogP contribution in [-0.2, 0) is 9.47 Å². The summed E-state index contributed by atoms with van der Waals surface area (Å²) in [6.45, 7) is 7.18. The molecule has 1 rings (SSSR count). The van der Waals surface area contributed by atoms with Crippen molar-refractivity contribution in [3.63, 3.8) is 0 Å². The van der Waals surface area contributed by atoms with Gasteiger partial charge in [0.05, 0.1) is 19.8 Å². The summed E-state index contributed by atoms with van der Waals surface area (Å²) in [7, 11) is 0. The Balaban J connectivity index is 1.77. The summed E-state index contributed by atoms with van der Waals surface area (Å²) in [6.07, 6.45) is 7.13. The van der Waals surface area contributed by atoms with E-state index in [0.29, 0.717) is 0 Å². The summed E-state index contributed by atoms with van der Waals surface area (Å²) >= 11 is 0. The molecule has 0 aromatic heterocycles. The zero-order valence-corrected chi connectivity index (χ0v) is 10.7. The van der Waals surface area contributed by atoms with Gasteiger partial charge in [0, 0.05) is 13.2 Å². The van der Waals surface area contributed by atoms with E-state index in [9.17, 15) is 0 Å². The SMILES string of the molecule is CCOCCOCCNCC1CCCCC1. The predicted molar refractivity (Wildman–Crippen MR) is 66.8 cm³/mol. The molecule has 0 saturated heterocycles. The van der Waals surface area contributed by atoms with Gasteiger partial charge in [0.25, 0.3) is 0 Å². The molecule has 0 heterocycles. The van der Waals surface area contributed by atoms with Crippen molar-refractivity contribution in [2.75, 3.05) is 39.5 Å². The molecule has 0 spiro atoms. The lowest BCUT2D eigenvalue weighted by molar-refractivity contribution is 0.0537. The van der Waals surface area contributed by atoms with Gasteiger partial charge in [-0.1, -0.05) is 19.3 Å². The van der Waals surface area contributed by atoms with Gasteiger partial charge in [-0.25, -0.2) is 0 Å². The average Bonchev–Trinajstić information content (AvgIpc) is 2.34. The Labute approximate surface area is 99.9 Å². The molecule has 16 heavy (non-hydrogen) atoms. The molecule has 0 radical (unpaired) electrons. The van der Waals surface area contributed by atoms with Crippen LogP contribution in [0.3, 0.4) is 0 Å². The van der Waals surface area contributed by atoms with E-state index in [0.717, 1.165) is 38.9 Å². The molecule has 0 aliphatic heterocycles. The van der Waals surface area contributed by atoms with Gasteiger partial charge in [0.2, 0.25) is 0 Å². The Kier molecular flexibility index (Phi) is 8.77. The lowest BCUT2D eigenvalue weighted by Gasteiger charge is -2.21. The predicted octanol–water partition coefficient (Wildman–Crippen LogP) is 2.21. The number of rotatable bonds is 9. The van der Waals surface area contributed by atoms with Crippen LogP contribution < -0.4 is 5.32 Å². The smallest absolute Gasteiger partial charge is 0.0701 e. The molecule has 1 aliphatic carbocycles. The highest BCUT2D eigenvalue weighted by molar-refractivity contribution is 4.67. The van der Waals surface area contributed by atoms with E-state index >= 15 is 0 Å². The van der Waals surface area contributed by atoms with E-state index in [1.165, 1.54) is 38.6 Å². The lowest BCUT2D eigenvalue weighted by atomic mass is 9.89. The summed E-state index contributed by atoms with van der Waals surface area (Å²) in [4.78, 5) is 0. The second-order valence-corrected chi connectivity index (χ2v) is 4.52.